The molecule has 2 amide bonds. The number of thiazole rings is 1. The van der Waals surface area contributed by atoms with Gasteiger partial charge in [-0.1, -0.05) is 0 Å². The molecule has 1 atom stereocenters. The van der Waals surface area contributed by atoms with Gasteiger partial charge in [-0.25, -0.2) is 9.78 Å². The molecule has 17 heavy (non-hydrogen) atoms. The largest absolute Gasteiger partial charge is 0.333 e. The zero-order valence-corrected chi connectivity index (χ0v) is 10.1. The summed E-state index contributed by atoms with van der Waals surface area (Å²) in [5.74, 6) is 0. The Kier molecular flexibility index (Phi) is 3.71. The van der Waals surface area contributed by atoms with Crippen molar-refractivity contribution < 1.29 is 4.79 Å². The van der Waals surface area contributed by atoms with E-state index in [-0.39, 0.29) is 12.1 Å². The molecule has 0 spiro atoms. The molecular weight excluding hydrogens is 238 g/mol. The third kappa shape index (κ3) is 3.56. The van der Waals surface area contributed by atoms with Crippen LogP contribution in [0.3, 0.4) is 0 Å². The smallest absolute Gasteiger partial charge is 0.321 e. The second-order valence-electron chi connectivity index (χ2n) is 3.56. The Morgan fingerprint density at radius 1 is 1.59 bits per heavy atom. The topological polar surface area (TPSA) is 71.8 Å². The van der Waals surface area contributed by atoms with Crippen LogP contribution in [0.25, 0.3) is 0 Å². The molecule has 0 aliphatic rings. The van der Waals surface area contributed by atoms with Crippen molar-refractivity contribution in [3.05, 3.63) is 30.0 Å². The van der Waals surface area contributed by atoms with E-state index < -0.39 is 0 Å². The fourth-order valence-corrected chi connectivity index (χ4v) is 1.90. The zero-order valence-electron chi connectivity index (χ0n) is 9.33. The lowest BCUT2D eigenvalue weighted by Crippen LogP contribution is -2.38. The summed E-state index contributed by atoms with van der Waals surface area (Å²) in [7, 11) is 0. The molecular formula is C10H13N5OS. The van der Waals surface area contributed by atoms with E-state index in [0.29, 0.717) is 11.7 Å². The first-order valence-electron chi connectivity index (χ1n) is 5.18. The fourth-order valence-electron chi connectivity index (χ4n) is 1.38. The number of carbonyl (C=O) groups excluding carboxylic acids is 1. The Morgan fingerprint density at radius 2 is 2.47 bits per heavy atom. The van der Waals surface area contributed by atoms with Gasteiger partial charge in [0.1, 0.15) is 0 Å². The lowest BCUT2D eigenvalue weighted by molar-refractivity contribution is 0.247. The Bertz CT molecular complexity index is 453. The van der Waals surface area contributed by atoms with E-state index in [2.05, 4.69) is 20.7 Å². The molecule has 2 heterocycles. The lowest BCUT2D eigenvalue weighted by atomic mass is 10.3. The molecule has 2 rings (SSSR count). The summed E-state index contributed by atoms with van der Waals surface area (Å²) in [5.41, 5.74) is 0. The molecule has 0 bridgehead atoms. The Morgan fingerprint density at radius 3 is 3.12 bits per heavy atom. The van der Waals surface area contributed by atoms with E-state index in [1.54, 1.807) is 17.1 Å². The average molecular weight is 251 g/mol. The van der Waals surface area contributed by atoms with Crippen LogP contribution >= 0.6 is 11.3 Å². The predicted molar refractivity (Wildman–Crippen MR) is 66.0 cm³/mol. The molecule has 2 N–H and O–H groups in total. The Labute approximate surface area is 103 Å². The number of rotatable bonds is 4. The molecule has 0 saturated carbocycles. The number of anilines is 1. The highest BCUT2D eigenvalue weighted by atomic mass is 32.1. The SMILES string of the molecule is C[C@@H](Cn1cccn1)NC(=O)Nc1nccs1. The summed E-state index contributed by atoms with van der Waals surface area (Å²) in [6, 6.07) is 1.59. The summed E-state index contributed by atoms with van der Waals surface area (Å²) in [6.45, 7) is 2.56. The number of nitrogens with zero attached hydrogens (tertiary/aromatic N) is 3. The van der Waals surface area contributed by atoms with Gasteiger partial charge in [-0.15, -0.1) is 11.3 Å². The van der Waals surface area contributed by atoms with E-state index in [1.165, 1.54) is 11.3 Å². The van der Waals surface area contributed by atoms with Crippen LogP contribution in [0.1, 0.15) is 6.92 Å². The first-order chi connectivity index (χ1) is 8.24. The second kappa shape index (κ2) is 5.44. The van der Waals surface area contributed by atoms with Gasteiger partial charge < -0.3 is 5.32 Å². The standard InChI is InChI=1S/C10H13N5OS/c1-8(7-15-5-2-3-12-15)13-9(16)14-10-11-4-6-17-10/h2-6,8H,7H2,1H3,(H2,11,13,14,16)/t8-/m0/s1. The van der Waals surface area contributed by atoms with Crippen LogP contribution in [-0.4, -0.2) is 26.8 Å². The van der Waals surface area contributed by atoms with E-state index in [0.717, 1.165) is 0 Å². The normalized spacial score (nSPS) is 12.1. The lowest BCUT2D eigenvalue weighted by Gasteiger charge is -2.13. The van der Waals surface area contributed by atoms with Crippen LogP contribution in [0.15, 0.2) is 30.0 Å². The van der Waals surface area contributed by atoms with E-state index in [1.807, 2.05) is 24.6 Å². The second-order valence-corrected chi connectivity index (χ2v) is 4.46. The Balaban J connectivity index is 1.78. The summed E-state index contributed by atoms with van der Waals surface area (Å²) in [6.07, 6.45) is 5.21. The fraction of sp³-hybridized carbons (Fsp3) is 0.300. The van der Waals surface area contributed by atoms with E-state index in [4.69, 9.17) is 0 Å². The highest BCUT2D eigenvalue weighted by Crippen LogP contribution is 2.09. The van der Waals surface area contributed by atoms with Crippen molar-refractivity contribution in [3.8, 4) is 0 Å². The number of hydrogen-bond donors (Lipinski definition) is 2. The van der Waals surface area contributed by atoms with Crippen molar-refractivity contribution in [1.82, 2.24) is 20.1 Å². The minimum Gasteiger partial charge on any atom is -0.333 e. The molecule has 0 aromatic carbocycles. The summed E-state index contributed by atoms with van der Waals surface area (Å²) in [4.78, 5) is 15.5. The predicted octanol–water partition coefficient (Wildman–Crippen LogP) is 1.55. The van der Waals surface area contributed by atoms with Crippen LogP contribution < -0.4 is 10.6 Å². The van der Waals surface area contributed by atoms with E-state index in [9.17, 15) is 4.79 Å². The maximum atomic E-state index is 11.6. The quantitative estimate of drug-likeness (QED) is 0.866. The monoisotopic (exact) mass is 251 g/mol. The Hall–Kier alpha value is -1.89. The summed E-state index contributed by atoms with van der Waals surface area (Å²) < 4.78 is 1.77. The average Bonchev–Trinajstić information content (AvgIpc) is 2.90. The van der Waals surface area contributed by atoms with Gasteiger partial charge in [0.2, 0.25) is 0 Å². The van der Waals surface area contributed by atoms with Gasteiger partial charge in [0.05, 0.1) is 6.54 Å². The maximum Gasteiger partial charge on any atom is 0.321 e. The molecule has 2 aromatic heterocycles. The minimum atomic E-state index is -0.250. The first kappa shape index (κ1) is 11.6. The molecule has 6 nitrogen and oxygen atoms in total. The van der Waals surface area contributed by atoms with Gasteiger partial charge in [-0.3, -0.25) is 10.00 Å². The van der Waals surface area contributed by atoms with Crippen LogP contribution in [0, 0.1) is 0 Å². The van der Waals surface area contributed by atoms with Crippen molar-refractivity contribution in [1.29, 1.82) is 0 Å². The van der Waals surface area contributed by atoms with E-state index >= 15 is 0 Å². The number of nitrogens with one attached hydrogen (secondary N) is 2. The van der Waals surface area contributed by atoms with Crippen molar-refractivity contribution in [2.24, 2.45) is 0 Å². The molecule has 0 fully saturated rings. The third-order valence-corrected chi connectivity index (χ3v) is 2.74. The van der Waals surface area contributed by atoms with Gasteiger partial charge in [0.25, 0.3) is 0 Å². The molecule has 0 saturated heterocycles. The van der Waals surface area contributed by atoms with Crippen molar-refractivity contribution >= 4 is 22.5 Å². The van der Waals surface area contributed by atoms with Crippen molar-refractivity contribution in [3.63, 3.8) is 0 Å². The van der Waals surface area contributed by atoms with Crippen molar-refractivity contribution in [2.75, 3.05) is 5.32 Å². The van der Waals surface area contributed by atoms with Gasteiger partial charge in [-0.05, 0) is 13.0 Å². The van der Waals surface area contributed by atoms with Crippen LogP contribution in [-0.2, 0) is 6.54 Å². The van der Waals surface area contributed by atoms with Crippen molar-refractivity contribution in [2.45, 2.75) is 19.5 Å². The van der Waals surface area contributed by atoms with Gasteiger partial charge in [-0.2, -0.15) is 5.10 Å². The molecule has 2 aromatic rings. The molecule has 90 valence electrons. The van der Waals surface area contributed by atoms with Crippen LogP contribution in [0.4, 0.5) is 9.93 Å². The number of urea groups is 1. The number of carbonyl (C=O) groups is 1. The molecule has 0 unspecified atom stereocenters. The minimum absolute atomic E-state index is 0.00476. The first-order valence-corrected chi connectivity index (χ1v) is 6.06. The third-order valence-electron chi connectivity index (χ3n) is 2.05. The van der Waals surface area contributed by atoms with Gasteiger partial charge in [0, 0.05) is 30.0 Å². The summed E-state index contributed by atoms with van der Waals surface area (Å²) in [5, 5.41) is 11.9. The number of aromatic nitrogens is 3. The number of amides is 2. The molecule has 0 aliphatic carbocycles. The zero-order chi connectivity index (χ0) is 12.1. The highest BCUT2D eigenvalue weighted by molar-refractivity contribution is 7.13. The van der Waals surface area contributed by atoms with Crippen LogP contribution in [0.5, 0.6) is 0 Å². The molecule has 0 radical (unpaired) electrons. The molecule has 7 heteroatoms. The highest BCUT2D eigenvalue weighted by Gasteiger charge is 2.08. The molecule has 0 aliphatic heterocycles. The van der Waals surface area contributed by atoms with Crippen LogP contribution in [0.2, 0.25) is 0 Å². The number of hydrogen-bond acceptors (Lipinski definition) is 4. The van der Waals surface area contributed by atoms with Gasteiger partial charge >= 0.3 is 6.03 Å². The van der Waals surface area contributed by atoms with Gasteiger partial charge in [0.15, 0.2) is 5.13 Å². The summed E-state index contributed by atoms with van der Waals surface area (Å²) >= 11 is 1.38. The maximum absolute atomic E-state index is 11.6.